The van der Waals surface area contributed by atoms with Gasteiger partial charge in [0, 0.05) is 31.4 Å². The van der Waals surface area contributed by atoms with Gasteiger partial charge in [-0.25, -0.2) is 0 Å². The van der Waals surface area contributed by atoms with Crippen molar-refractivity contribution in [2.75, 3.05) is 12.4 Å². The number of aromatic nitrogens is 2. The molecule has 1 aliphatic heterocycles. The van der Waals surface area contributed by atoms with E-state index in [0.29, 0.717) is 29.9 Å². The molecule has 1 spiro atoms. The quantitative estimate of drug-likeness (QED) is 0.790. The minimum atomic E-state index is -0.754. The lowest BCUT2D eigenvalue weighted by atomic mass is 9.60. The average Bonchev–Trinajstić information content (AvgIpc) is 2.99. The third-order valence-corrected chi connectivity index (χ3v) is 7.36. The third kappa shape index (κ3) is 3.07. The molecule has 2 aromatic rings. The number of hydrogen-bond donors (Lipinski definition) is 2. The van der Waals surface area contributed by atoms with E-state index in [1.54, 1.807) is 30.0 Å². The second kappa shape index (κ2) is 7.00. The van der Waals surface area contributed by atoms with Crippen LogP contribution in [0.25, 0.3) is 0 Å². The minimum absolute atomic E-state index is 0.0351. The second-order valence-electron chi connectivity index (χ2n) is 9.05. The molecule has 8 heteroatoms. The van der Waals surface area contributed by atoms with Crippen molar-refractivity contribution in [3.8, 4) is 11.5 Å². The van der Waals surface area contributed by atoms with Crippen LogP contribution in [0, 0.1) is 31.6 Å². The van der Waals surface area contributed by atoms with Crippen LogP contribution < -0.4 is 20.1 Å². The fourth-order valence-electron chi connectivity index (χ4n) is 5.61. The van der Waals surface area contributed by atoms with E-state index in [1.807, 2.05) is 20.9 Å². The van der Waals surface area contributed by atoms with Gasteiger partial charge in [-0.1, -0.05) is 0 Å². The second-order valence-corrected chi connectivity index (χ2v) is 9.05. The molecule has 0 radical (unpaired) electrons. The van der Waals surface area contributed by atoms with Crippen LogP contribution in [-0.2, 0) is 11.8 Å². The predicted molar refractivity (Wildman–Crippen MR) is 114 cm³/mol. The van der Waals surface area contributed by atoms with E-state index >= 15 is 0 Å². The average molecular weight is 425 g/mol. The number of anilines is 1. The molecule has 0 unspecified atom stereocenters. The van der Waals surface area contributed by atoms with Crippen LogP contribution in [0.5, 0.6) is 11.5 Å². The Balaban J connectivity index is 1.37. The molecule has 0 saturated heterocycles. The van der Waals surface area contributed by atoms with Crippen molar-refractivity contribution in [2.24, 2.45) is 24.8 Å². The van der Waals surface area contributed by atoms with Crippen LogP contribution in [0.3, 0.4) is 0 Å². The summed E-state index contributed by atoms with van der Waals surface area (Å²) >= 11 is 0. The maximum atomic E-state index is 13.2. The van der Waals surface area contributed by atoms with Gasteiger partial charge in [-0.3, -0.25) is 14.3 Å². The van der Waals surface area contributed by atoms with Gasteiger partial charge < -0.3 is 20.1 Å². The van der Waals surface area contributed by atoms with Gasteiger partial charge in [0.1, 0.15) is 11.5 Å². The standard InChI is InChI=1S/C23H28N4O4/c1-12-20(13(2)27(3)26-12)24-21(28)18-9-15-6-5-14(18)11-23(15)25-22(29)17-8-7-16(30-4)10-19(17)31-23/h7-8,10,14-15,18H,5-6,9,11H2,1-4H3,(H,24,28)(H,25,29)/t14-,15+,18-,23+/m1/s1. The van der Waals surface area contributed by atoms with E-state index in [-0.39, 0.29) is 29.6 Å². The van der Waals surface area contributed by atoms with E-state index in [1.165, 1.54) is 0 Å². The molecule has 2 amide bonds. The third-order valence-electron chi connectivity index (χ3n) is 7.36. The zero-order chi connectivity index (χ0) is 21.9. The normalized spacial score (nSPS) is 28.6. The molecule has 4 aliphatic rings. The van der Waals surface area contributed by atoms with Gasteiger partial charge in [0.15, 0.2) is 5.72 Å². The molecule has 3 saturated carbocycles. The lowest BCUT2D eigenvalue weighted by Crippen LogP contribution is -2.66. The molecule has 164 valence electrons. The first kappa shape index (κ1) is 19.9. The number of ether oxygens (including phenoxy) is 2. The van der Waals surface area contributed by atoms with E-state index in [4.69, 9.17) is 9.47 Å². The zero-order valence-corrected chi connectivity index (χ0v) is 18.3. The highest BCUT2D eigenvalue weighted by Crippen LogP contribution is 2.53. The highest BCUT2D eigenvalue weighted by molar-refractivity contribution is 5.99. The zero-order valence-electron chi connectivity index (χ0n) is 18.3. The number of carbonyl (C=O) groups is 2. The molecule has 1 aromatic heterocycles. The summed E-state index contributed by atoms with van der Waals surface area (Å²) in [4.78, 5) is 26.0. The van der Waals surface area contributed by atoms with Crippen LogP contribution in [0.15, 0.2) is 18.2 Å². The number of rotatable bonds is 3. The maximum Gasteiger partial charge on any atom is 0.258 e. The number of methoxy groups -OCH3 is 1. The molecule has 3 aliphatic carbocycles. The first-order valence-electron chi connectivity index (χ1n) is 10.8. The van der Waals surface area contributed by atoms with Crippen molar-refractivity contribution in [3.63, 3.8) is 0 Å². The van der Waals surface area contributed by atoms with Crippen molar-refractivity contribution in [2.45, 2.75) is 45.3 Å². The van der Waals surface area contributed by atoms with Crippen molar-refractivity contribution in [1.29, 1.82) is 0 Å². The Hall–Kier alpha value is -3.03. The molecule has 3 fully saturated rings. The van der Waals surface area contributed by atoms with E-state index in [2.05, 4.69) is 15.7 Å². The highest BCUT2D eigenvalue weighted by atomic mass is 16.5. The highest BCUT2D eigenvalue weighted by Gasteiger charge is 2.57. The molecule has 4 atom stereocenters. The van der Waals surface area contributed by atoms with E-state index in [9.17, 15) is 9.59 Å². The van der Waals surface area contributed by atoms with Crippen LogP contribution in [0.4, 0.5) is 5.69 Å². The summed E-state index contributed by atoms with van der Waals surface area (Å²) in [6.45, 7) is 3.86. The van der Waals surface area contributed by atoms with Crippen molar-refractivity contribution in [1.82, 2.24) is 15.1 Å². The van der Waals surface area contributed by atoms with Crippen LogP contribution in [0.2, 0.25) is 0 Å². The number of hydrogen-bond acceptors (Lipinski definition) is 5. The first-order valence-corrected chi connectivity index (χ1v) is 10.8. The van der Waals surface area contributed by atoms with E-state index < -0.39 is 5.72 Å². The van der Waals surface area contributed by atoms with Crippen LogP contribution >= 0.6 is 0 Å². The Kier molecular flexibility index (Phi) is 4.50. The Morgan fingerprint density at radius 1 is 1.35 bits per heavy atom. The number of amides is 2. The summed E-state index contributed by atoms with van der Waals surface area (Å²) in [6, 6.07) is 5.26. The molecular weight excluding hydrogens is 396 g/mol. The van der Waals surface area contributed by atoms with Gasteiger partial charge in [-0.2, -0.15) is 5.10 Å². The molecule has 2 N–H and O–H groups in total. The largest absolute Gasteiger partial charge is 0.497 e. The number of benzene rings is 1. The Labute approximate surface area is 181 Å². The van der Waals surface area contributed by atoms with Gasteiger partial charge in [0.2, 0.25) is 5.91 Å². The van der Waals surface area contributed by atoms with Gasteiger partial charge in [-0.05, 0) is 51.2 Å². The summed E-state index contributed by atoms with van der Waals surface area (Å²) in [5.41, 5.74) is 2.32. The lowest BCUT2D eigenvalue weighted by molar-refractivity contribution is -0.142. The summed E-state index contributed by atoms with van der Waals surface area (Å²) < 4.78 is 13.5. The van der Waals surface area contributed by atoms with Crippen molar-refractivity contribution >= 4 is 17.5 Å². The smallest absolute Gasteiger partial charge is 0.258 e. The molecule has 6 rings (SSSR count). The number of nitrogens with one attached hydrogen (secondary N) is 2. The Morgan fingerprint density at radius 3 is 2.81 bits per heavy atom. The number of carbonyl (C=O) groups excluding carboxylic acids is 2. The Bertz CT molecular complexity index is 1080. The van der Waals surface area contributed by atoms with Crippen LogP contribution in [-0.4, -0.2) is 34.4 Å². The molecule has 1 aromatic carbocycles. The summed E-state index contributed by atoms with van der Waals surface area (Å²) in [6.07, 6.45) is 3.20. The number of aryl methyl sites for hydroxylation is 2. The van der Waals surface area contributed by atoms with Gasteiger partial charge >= 0.3 is 0 Å². The van der Waals surface area contributed by atoms with Gasteiger partial charge in [0.25, 0.3) is 5.91 Å². The summed E-state index contributed by atoms with van der Waals surface area (Å²) in [7, 11) is 3.47. The fraction of sp³-hybridized carbons (Fsp3) is 0.522. The number of nitrogens with zero attached hydrogens (tertiary/aromatic N) is 2. The van der Waals surface area contributed by atoms with E-state index in [0.717, 1.165) is 29.9 Å². The Morgan fingerprint density at radius 2 is 2.16 bits per heavy atom. The molecule has 8 nitrogen and oxygen atoms in total. The monoisotopic (exact) mass is 424 g/mol. The van der Waals surface area contributed by atoms with Crippen LogP contribution in [0.1, 0.15) is 47.4 Å². The van der Waals surface area contributed by atoms with Gasteiger partial charge in [0.05, 0.1) is 29.7 Å². The molecule has 31 heavy (non-hydrogen) atoms. The summed E-state index contributed by atoms with van der Waals surface area (Å²) in [5.74, 6) is 1.24. The lowest BCUT2D eigenvalue weighted by Gasteiger charge is -2.55. The SMILES string of the molecule is COc1ccc2c(c1)O[C@]1(C[C@H]3CC[C@H]1C[C@H]3C(=O)Nc1c(C)nn(C)c1C)NC2=O. The van der Waals surface area contributed by atoms with Crippen molar-refractivity contribution in [3.05, 3.63) is 35.2 Å². The summed E-state index contributed by atoms with van der Waals surface area (Å²) in [5, 5.41) is 10.7. The molecular formula is C23H28N4O4. The number of fused-ring (bicyclic) bond motifs is 3. The maximum absolute atomic E-state index is 13.2. The predicted octanol–water partition coefficient (Wildman–Crippen LogP) is 2.94. The topological polar surface area (TPSA) is 94.5 Å². The molecule has 2 heterocycles. The van der Waals surface area contributed by atoms with Crippen molar-refractivity contribution < 1.29 is 19.1 Å². The first-order chi connectivity index (χ1) is 14.8. The minimum Gasteiger partial charge on any atom is -0.497 e. The fourth-order valence-corrected chi connectivity index (χ4v) is 5.61. The molecule has 2 bridgehead atoms. The van der Waals surface area contributed by atoms with Gasteiger partial charge in [-0.15, -0.1) is 0 Å².